The van der Waals surface area contributed by atoms with Crippen LogP contribution in [-0.2, 0) is 4.79 Å². The Morgan fingerprint density at radius 1 is 1.43 bits per heavy atom. The first-order valence-electron chi connectivity index (χ1n) is 8.66. The molecule has 1 amide bonds. The van der Waals surface area contributed by atoms with Crippen LogP contribution in [0.3, 0.4) is 0 Å². The number of aromatic amines is 1. The van der Waals surface area contributed by atoms with Crippen molar-refractivity contribution in [2.24, 2.45) is 0 Å². The third kappa shape index (κ3) is 2.69. The van der Waals surface area contributed by atoms with Gasteiger partial charge in [0.2, 0.25) is 5.91 Å². The molecule has 28 heavy (non-hydrogen) atoms. The van der Waals surface area contributed by atoms with E-state index in [0.717, 1.165) is 0 Å². The number of rotatable bonds is 4. The van der Waals surface area contributed by atoms with Crippen LogP contribution in [0, 0.1) is 11.3 Å². The van der Waals surface area contributed by atoms with Crippen LogP contribution in [0.15, 0.2) is 35.5 Å². The third-order valence-corrected chi connectivity index (χ3v) is 4.47. The van der Waals surface area contributed by atoms with Gasteiger partial charge in [-0.15, -0.1) is 0 Å². The zero-order chi connectivity index (χ0) is 19.8. The minimum Gasteiger partial charge on any atom is -0.355 e. The molecule has 4 aromatic heterocycles. The maximum absolute atomic E-state index is 12.4. The summed E-state index contributed by atoms with van der Waals surface area (Å²) in [5.41, 5.74) is 2.08. The van der Waals surface area contributed by atoms with Crippen molar-refractivity contribution in [3.05, 3.63) is 46.8 Å². The Hall–Kier alpha value is -4.00. The molecule has 0 fully saturated rings. The summed E-state index contributed by atoms with van der Waals surface area (Å²) in [5, 5.41) is 16.1. The lowest BCUT2D eigenvalue weighted by molar-refractivity contribution is -0.123. The Balaban J connectivity index is 1.89. The van der Waals surface area contributed by atoms with Crippen molar-refractivity contribution < 1.29 is 4.79 Å². The maximum Gasteiger partial charge on any atom is 0.328 e. The fourth-order valence-electron chi connectivity index (χ4n) is 3.07. The van der Waals surface area contributed by atoms with E-state index in [4.69, 9.17) is 5.26 Å². The molecule has 0 aliphatic heterocycles. The molecule has 4 rings (SSSR count). The fraction of sp³-hybridized carbons (Fsp3) is 0.222. The molecule has 0 saturated heterocycles. The molecule has 0 spiro atoms. The predicted octanol–water partition coefficient (Wildman–Crippen LogP) is 1.00. The van der Waals surface area contributed by atoms with Crippen LogP contribution < -0.4 is 11.0 Å². The quantitative estimate of drug-likeness (QED) is 0.546. The first-order chi connectivity index (χ1) is 13.5. The number of hydrogen-bond donors (Lipinski definition) is 2. The Kier molecular flexibility index (Phi) is 4.12. The van der Waals surface area contributed by atoms with Gasteiger partial charge in [-0.3, -0.25) is 9.36 Å². The van der Waals surface area contributed by atoms with Crippen molar-refractivity contribution in [2.75, 3.05) is 6.54 Å². The first kappa shape index (κ1) is 17.4. The highest BCUT2D eigenvalue weighted by molar-refractivity contribution is 5.83. The lowest BCUT2D eigenvalue weighted by atomic mass is 10.2. The van der Waals surface area contributed by atoms with Crippen molar-refractivity contribution in [3.8, 4) is 17.5 Å². The summed E-state index contributed by atoms with van der Waals surface area (Å²) in [5.74, 6) is 0.0637. The second kappa shape index (κ2) is 6.62. The SMILES string of the molecule is CCNC(=O)C(C)n1c(=O)[nH]c2cnc(-c3cnn4ccc(C#N)cc34)nc21. The number of hydrogen-bond acceptors (Lipinski definition) is 6. The monoisotopic (exact) mass is 376 g/mol. The number of carbonyl (C=O) groups is 1. The highest BCUT2D eigenvalue weighted by Crippen LogP contribution is 2.23. The number of aromatic nitrogens is 6. The number of likely N-dealkylation sites (N-methyl/N-ethyl adjacent to an activating group) is 1. The van der Waals surface area contributed by atoms with Gasteiger partial charge in [-0.05, 0) is 26.0 Å². The third-order valence-electron chi connectivity index (χ3n) is 4.47. The summed E-state index contributed by atoms with van der Waals surface area (Å²) in [4.78, 5) is 36.1. The summed E-state index contributed by atoms with van der Waals surface area (Å²) >= 11 is 0. The number of pyridine rings is 1. The number of H-pyrrole nitrogens is 1. The number of imidazole rings is 1. The minimum atomic E-state index is -0.738. The smallest absolute Gasteiger partial charge is 0.328 e. The zero-order valence-electron chi connectivity index (χ0n) is 15.2. The van der Waals surface area contributed by atoms with Gasteiger partial charge in [0.25, 0.3) is 0 Å². The Bertz CT molecular complexity index is 1310. The molecular weight excluding hydrogens is 360 g/mol. The molecule has 0 aliphatic rings. The van der Waals surface area contributed by atoms with E-state index in [-0.39, 0.29) is 5.91 Å². The van der Waals surface area contributed by atoms with Gasteiger partial charge < -0.3 is 10.3 Å². The number of nitrogens with one attached hydrogen (secondary N) is 2. The van der Waals surface area contributed by atoms with E-state index in [1.54, 1.807) is 36.0 Å². The van der Waals surface area contributed by atoms with E-state index >= 15 is 0 Å². The number of carbonyl (C=O) groups excluding carboxylic acids is 1. The molecule has 0 saturated carbocycles. The number of nitrogens with zero attached hydrogens (tertiary/aromatic N) is 6. The van der Waals surface area contributed by atoms with E-state index in [2.05, 4.69) is 31.4 Å². The minimum absolute atomic E-state index is 0.277. The molecular formula is C18H16N8O2. The highest BCUT2D eigenvalue weighted by Gasteiger charge is 2.21. The summed E-state index contributed by atoms with van der Waals surface area (Å²) in [6.07, 6.45) is 4.77. The van der Waals surface area contributed by atoms with Gasteiger partial charge in [-0.2, -0.15) is 10.4 Å². The molecule has 4 heterocycles. The van der Waals surface area contributed by atoms with Crippen LogP contribution >= 0.6 is 0 Å². The molecule has 140 valence electrons. The Morgan fingerprint density at radius 3 is 3.00 bits per heavy atom. The molecule has 1 atom stereocenters. The van der Waals surface area contributed by atoms with Gasteiger partial charge in [-0.25, -0.2) is 19.3 Å². The fourth-order valence-corrected chi connectivity index (χ4v) is 3.07. The van der Waals surface area contributed by atoms with E-state index in [1.165, 1.54) is 10.8 Å². The molecule has 10 heteroatoms. The van der Waals surface area contributed by atoms with Gasteiger partial charge in [0.05, 0.1) is 35.1 Å². The van der Waals surface area contributed by atoms with Crippen molar-refractivity contribution in [3.63, 3.8) is 0 Å². The van der Waals surface area contributed by atoms with Gasteiger partial charge in [-0.1, -0.05) is 0 Å². The molecule has 0 radical (unpaired) electrons. The van der Waals surface area contributed by atoms with Crippen LogP contribution in [0.5, 0.6) is 0 Å². The maximum atomic E-state index is 12.4. The molecule has 0 aromatic carbocycles. The van der Waals surface area contributed by atoms with Crippen molar-refractivity contribution in [1.29, 1.82) is 5.26 Å². The van der Waals surface area contributed by atoms with Gasteiger partial charge >= 0.3 is 5.69 Å². The first-order valence-corrected chi connectivity index (χ1v) is 8.66. The second-order valence-corrected chi connectivity index (χ2v) is 6.22. The highest BCUT2D eigenvalue weighted by atomic mass is 16.2. The summed E-state index contributed by atoms with van der Waals surface area (Å²) in [7, 11) is 0. The van der Waals surface area contributed by atoms with E-state index in [0.29, 0.717) is 40.2 Å². The van der Waals surface area contributed by atoms with E-state index in [1.807, 2.05) is 6.92 Å². The van der Waals surface area contributed by atoms with E-state index in [9.17, 15) is 9.59 Å². The van der Waals surface area contributed by atoms with Gasteiger partial charge in [0.1, 0.15) is 11.6 Å². The van der Waals surface area contributed by atoms with Gasteiger partial charge in [0, 0.05) is 12.7 Å². The van der Waals surface area contributed by atoms with Crippen molar-refractivity contribution in [2.45, 2.75) is 19.9 Å². The lowest BCUT2D eigenvalue weighted by Gasteiger charge is -2.12. The average Bonchev–Trinajstić information content (AvgIpc) is 3.26. The number of nitriles is 1. The number of amides is 1. The Labute approximate surface area is 158 Å². The van der Waals surface area contributed by atoms with Crippen molar-refractivity contribution in [1.82, 2.24) is 34.4 Å². The standard InChI is InChI=1S/C18H16N8O2/c1-3-20-17(27)10(2)26-16-13(23-18(26)28)9-21-15(24-16)12-8-22-25-5-4-11(7-19)6-14(12)25/h4-6,8-10H,3H2,1-2H3,(H,20,27)(H,23,28). The Morgan fingerprint density at radius 2 is 2.25 bits per heavy atom. The topological polar surface area (TPSA) is 134 Å². The summed E-state index contributed by atoms with van der Waals surface area (Å²) in [6, 6.07) is 4.70. The van der Waals surface area contributed by atoms with Crippen LogP contribution in [0.25, 0.3) is 28.1 Å². The van der Waals surface area contributed by atoms with Crippen LogP contribution in [0.1, 0.15) is 25.5 Å². The predicted molar refractivity (Wildman–Crippen MR) is 100 cm³/mol. The average molecular weight is 376 g/mol. The molecule has 4 aromatic rings. The van der Waals surface area contributed by atoms with E-state index < -0.39 is 11.7 Å². The summed E-state index contributed by atoms with van der Waals surface area (Å²) < 4.78 is 2.92. The molecule has 10 nitrogen and oxygen atoms in total. The van der Waals surface area contributed by atoms with Crippen LogP contribution in [-0.4, -0.2) is 41.6 Å². The lowest BCUT2D eigenvalue weighted by Crippen LogP contribution is -2.34. The largest absolute Gasteiger partial charge is 0.355 e. The molecule has 0 bridgehead atoms. The van der Waals surface area contributed by atoms with Gasteiger partial charge in [0.15, 0.2) is 11.5 Å². The normalized spacial score (nSPS) is 12.2. The van der Waals surface area contributed by atoms with Crippen LogP contribution in [0.4, 0.5) is 0 Å². The van der Waals surface area contributed by atoms with Crippen molar-refractivity contribution >= 4 is 22.6 Å². The zero-order valence-corrected chi connectivity index (χ0v) is 15.2. The second-order valence-electron chi connectivity index (χ2n) is 6.22. The molecule has 0 aliphatic carbocycles. The summed E-state index contributed by atoms with van der Waals surface area (Å²) in [6.45, 7) is 3.91. The van der Waals surface area contributed by atoms with Crippen LogP contribution in [0.2, 0.25) is 0 Å². The molecule has 2 N–H and O–H groups in total. The number of fused-ring (bicyclic) bond motifs is 2. The molecule has 1 unspecified atom stereocenters.